The molecule has 1 saturated carbocycles. The van der Waals surface area contributed by atoms with Gasteiger partial charge in [0.2, 0.25) is 5.91 Å². The van der Waals surface area contributed by atoms with Crippen LogP contribution in [0.5, 0.6) is 0 Å². The average Bonchev–Trinajstić information content (AvgIpc) is 2.90. The van der Waals surface area contributed by atoms with E-state index in [4.69, 9.17) is 0 Å². The summed E-state index contributed by atoms with van der Waals surface area (Å²) < 4.78 is 0. The summed E-state index contributed by atoms with van der Waals surface area (Å²) in [5.74, 6) is -0.629. The van der Waals surface area contributed by atoms with E-state index in [-0.39, 0.29) is 18.4 Å². The first-order valence-corrected chi connectivity index (χ1v) is 10.0. The number of imide groups is 1. The molecule has 1 aliphatic carbocycles. The van der Waals surface area contributed by atoms with Crippen molar-refractivity contribution in [1.29, 1.82) is 0 Å². The first kappa shape index (κ1) is 18.5. The zero-order valence-corrected chi connectivity index (χ0v) is 15.9. The minimum absolute atomic E-state index is 0.257. The number of anilines is 1. The molecule has 1 saturated heterocycles. The van der Waals surface area contributed by atoms with Crippen LogP contribution >= 0.6 is 0 Å². The monoisotopic (exact) mass is 379 g/mol. The molecular formula is C22H25N3O3. The van der Waals surface area contributed by atoms with E-state index < -0.39 is 11.6 Å². The van der Waals surface area contributed by atoms with Crippen LogP contribution in [0.15, 0.2) is 42.5 Å². The second-order valence-corrected chi connectivity index (χ2v) is 7.75. The Kier molecular flexibility index (Phi) is 5.03. The molecule has 0 aromatic heterocycles. The fourth-order valence-electron chi connectivity index (χ4n) is 4.34. The van der Waals surface area contributed by atoms with Crippen LogP contribution in [0.1, 0.15) is 44.9 Å². The molecule has 146 valence electrons. The minimum Gasteiger partial charge on any atom is -0.324 e. The standard InChI is InChI=1S/C22H25N3O3/c26-19(23-18-12-8-10-16-9-4-5-11-17(16)18)15-25-20(27)22(24-21(25)28)13-6-2-1-3-7-14-22/h4-5,8-12H,1-3,6-7,13-15H2,(H,23,26)(H,24,28). The fraction of sp³-hybridized carbons (Fsp3) is 0.409. The normalized spacial score (nSPS) is 19.4. The maximum Gasteiger partial charge on any atom is 0.325 e. The van der Waals surface area contributed by atoms with Crippen molar-refractivity contribution in [2.45, 2.75) is 50.5 Å². The number of amides is 4. The predicted octanol–water partition coefficient (Wildman–Crippen LogP) is 3.81. The Bertz CT molecular complexity index is 911. The Labute approximate surface area is 164 Å². The Balaban J connectivity index is 1.48. The molecule has 2 aliphatic rings. The summed E-state index contributed by atoms with van der Waals surface area (Å²) in [5.41, 5.74) is -0.146. The molecule has 2 fully saturated rings. The number of hydrogen-bond acceptors (Lipinski definition) is 3. The van der Waals surface area contributed by atoms with Crippen molar-refractivity contribution in [3.63, 3.8) is 0 Å². The molecule has 0 unspecified atom stereocenters. The number of nitrogens with one attached hydrogen (secondary N) is 2. The third-order valence-corrected chi connectivity index (χ3v) is 5.82. The lowest BCUT2D eigenvalue weighted by molar-refractivity contribution is -0.134. The summed E-state index contributed by atoms with van der Waals surface area (Å²) >= 11 is 0. The van der Waals surface area contributed by atoms with Crippen molar-refractivity contribution in [2.24, 2.45) is 0 Å². The van der Waals surface area contributed by atoms with Crippen LogP contribution in [-0.2, 0) is 9.59 Å². The molecular weight excluding hydrogens is 354 g/mol. The Hall–Kier alpha value is -2.89. The highest BCUT2D eigenvalue weighted by Gasteiger charge is 2.50. The van der Waals surface area contributed by atoms with Gasteiger partial charge >= 0.3 is 6.03 Å². The maximum absolute atomic E-state index is 13.0. The van der Waals surface area contributed by atoms with Gasteiger partial charge in [-0.3, -0.25) is 14.5 Å². The van der Waals surface area contributed by atoms with Gasteiger partial charge < -0.3 is 10.6 Å². The molecule has 2 aromatic carbocycles. The van der Waals surface area contributed by atoms with Crippen molar-refractivity contribution < 1.29 is 14.4 Å². The minimum atomic E-state index is -0.822. The Morgan fingerprint density at radius 2 is 1.64 bits per heavy atom. The smallest absolute Gasteiger partial charge is 0.324 e. The van der Waals surface area contributed by atoms with E-state index in [2.05, 4.69) is 10.6 Å². The molecule has 0 bridgehead atoms. The molecule has 2 N–H and O–H groups in total. The number of urea groups is 1. The highest BCUT2D eigenvalue weighted by Crippen LogP contribution is 2.32. The fourth-order valence-corrected chi connectivity index (χ4v) is 4.34. The molecule has 6 nitrogen and oxygen atoms in total. The van der Waals surface area contributed by atoms with Gasteiger partial charge in [-0.2, -0.15) is 0 Å². The van der Waals surface area contributed by atoms with Gasteiger partial charge in [0.05, 0.1) is 0 Å². The number of hydrogen-bond donors (Lipinski definition) is 2. The number of rotatable bonds is 3. The number of fused-ring (bicyclic) bond motifs is 1. The lowest BCUT2D eigenvalue weighted by Crippen LogP contribution is -2.47. The predicted molar refractivity (Wildman–Crippen MR) is 108 cm³/mol. The van der Waals surface area contributed by atoms with Crippen LogP contribution in [0.3, 0.4) is 0 Å². The number of nitrogens with zero attached hydrogens (tertiary/aromatic N) is 1. The molecule has 4 rings (SSSR count). The highest BCUT2D eigenvalue weighted by atomic mass is 16.2. The number of carbonyl (C=O) groups excluding carboxylic acids is 3. The van der Waals surface area contributed by atoms with Gasteiger partial charge in [-0.05, 0) is 24.3 Å². The first-order valence-electron chi connectivity index (χ1n) is 10.0. The van der Waals surface area contributed by atoms with Crippen LogP contribution in [0.25, 0.3) is 10.8 Å². The van der Waals surface area contributed by atoms with Crippen molar-refractivity contribution in [2.75, 3.05) is 11.9 Å². The number of benzene rings is 2. The van der Waals surface area contributed by atoms with Gasteiger partial charge in [0, 0.05) is 11.1 Å². The van der Waals surface area contributed by atoms with Crippen molar-refractivity contribution >= 4 is 34.3 Å². The molecule has 2 aromatic rings. The average molecular weight is 379 g/mol. The molecule has 1 aliphatic heterocycles. The van der Waals surface area contributed by atoms with E-state index in [0.29, 0.717) is 18.5 Å². The highest BCUT2D eigenvalue weighted by molar-refractivity contribution is 6.11. The van der Waals surface area contributed by atoms with Gasteiger partial charge in [-0.15, -0.1) is 0 Å². The number of carbonyl (C=O) groups is 3. The lowest BCUT2D eigenvalue weighted by atomic mass is 9.84. The van der Waals surface area contributed by atoms with Crippen LogP contribution < -0.4 is 10.6 Å². The van der Waals surface area contributed by atoms with Gasteiger partial charge in [0.25, 0.3) is 5.91 Å². The Morgan fingerprint density at radius 1 is 0.964 bits per heavy atom. The quantitative estimate of drug-likeness (QED) is 0.796. The largest absolute Gasteiger partial charge is 0.325 e. The molecule has 6 heteroatoms. The lowest BCUT2D eigenvalue weighted by Gasteiger charge is -2.28. The van der Waals surface area contributed by atoms with Crippen molar-refractivity contribution in [1.82, 2.24) is 10.2 Å². The molecule has 1 spiro atoms. The van der Waals surface area contributed by atoms with Gasteiger partial charge in [-0.25, -0.2) is 4.79 Å². The van der Waals surface area contributed by atoms with Crippen LogP contribution in [0.4, 0.5) is 10.5 Å². The van der Waals surface area contributed by atoms with Crippen molar-refractivity contribution in [3.05, 3.63) is 42.5 Å². The summed E-state index contributed by atoms with van der Waals surface area (Å²) in [6.07, 6.45) is 6.47. The topological polar surface area (TPSA) is 78.5 Å². The summed E-state index contributed by atoms with van der Waals surface area (Å²) in [6, 6.07) is 13.0. The van der Waals surface area contributed by atoms with E-state index >= 15 is 0 Å². The second kappa shape index (κ2) is 7.62. The van der Waals surface area contributed by atoms with E-state index in [1.54, 1.807) is 0 Å². The van der Waals surface area contributed by atoms with E-state index in [9.17, 15) is 14.4 Å². The van der Waals surface area contributed by atoms with Gasteiger partial charge in [-0.1, -0.05) is 68.5 Å². The third-order valence-electron chi connectivity index (χ3n) is 5.82. The van der Waals surface area contributed by atoms with Crippen LogP contribution in [0.2, 0.25) is 0 Å². The van der Waals surface area contributed by atoms with E-state index in [1.165, 1.54) is 6.42 Å². The molecule has 4 amide bonds. The molecule has 0 atom stereocenters. The third kappa shape index (κ3) is 3.46. The summed E-state index contributed by atoms with van der Waals surface area (Å²) in [6.45, 7) is -0.268. The maximum atomic E-state index is 13.0. The summed E-state index contributed by atoms with van der Waals surface area (Å²) in [5, 5.41) is 7.69. The van der Waals surface area contributed by atoms with Crippen LogP contribution in [-0.4, -0.2) is 34.8 Å². The second-order valence-electron chi connectivity index (χ2n) is 7.75. The van der Waals surface area contributed by atoms with Crippen molar-refractivity contribution in [3.8, 4) is 0 Å². The summed E-state index contributed by atoms with van der Waals surface area (Å²) in [7, 11) is 0. The molecule has 0 radical (unpaired) electrons. The zero-order valence-electron chi connectivity index (χ0n) is 15.9. The van der Waals surface area contributed by atoms with E-state index in [0.717, 1.165) is 41.4 Å². The SMILES string of the molecule is O=C(CN1C(=O)NC2(CCCCCCC2)C1=O)Nc1cccc2ccccc12. The van der Waals surface area contributed by atoms with Gasteiger partial charge in [0.1, 0.15) is 12.1 Å². The summed E-state index contributed by atoms with van der Waals surface area (Å²) in [4.78, 5) is 39.2. The molecule has 28 heavy (non-hydrogen) atoms. The van der Waals surface area contributed by atoms with Crippen LogP contribution in [0, 0.1) is 0 Å². The zero-order chi connectivity index (χ0) is 19.6. The van der Waals surface area contributed by atoms with Gasteiger partial charge in [0.15, 0.2) is 0 Å². The Morgan fingerprint density at radius 3 is 2.43 bits per heavy atom. The first-order chi connectivity index (χ1) is 13.6. The molecule has 1 heterocycles. The van der Waals surface area contributed by atoms with E-state index in [1.807, 2.05) is 42.5 Å².